The van der Waals surface area contributed by atoms with Gasteiger partial charge in [0.15, 0.2) is 23.7 Å². The number of oxime groups is 1. The second-order valence-corrected chi connectivity index (χ2v) is 7.94. The average Bonchev–Trinajstić information content (AvgIpc) is 3.38. The van der Waals surface area contributed by atoms with Crippen LogP contribution in [-0.2, 0) is 18.0 Å². The summed E-state index contributed by atoms with van der Waals surface area (Å²) in [7, 11) is 0. The molecule has 0 spiro atoms. The molecule has 0 aliphatic heterocycles. The largest absolute Gasteiger partial charge is 0.387 e. The number of hydrogen-bond donors (Lipinski definition) is 0. The first-order valence-corrected chi connectivity index (χ1v) is 10.5. The highest BCUT2D eigenvalue weighted by Gasteiger charge is 2.13. The molecular weight excluding hydrogens is 458 g/mol. The Labute approximate surface area is 186 Å². The topological polar surface area (TPSA) is 82.5 Å². The molecule has 8 nitrogen and oxygen atoms in total. The van der Waals surface area contributed by atoms with E-state index in [1.807, 2.05) is 54.1 Å². The van der Waals surface area contributed by atoms with Gasteiger partial charge in [-0.3, -0.25) is 0 Å². The highest BCUT2D eigenvalue weighted by atomic mass is 79.9. The van der Waals surface area contributed by atoms with E-state index < -0.39 is 0 Å². The van der Waals surface area contributed by atoms with Gasteiger partial charge in [-0.2, -0.15) is 5.10 Å². The number of benzene rings is 2. The molecule has 31 heavy (non-hydrogen) atoms. The second kappa shape index (κ2) is 8.27. The standard InChI is InChI=1S/C22H18BrN7O/c1-15(17-7-9-18(23)10-8-17)28-31-13-20-26-22-19-11-25-29(12-16-5-3-2-4-6-16)21(19)24-14-30(22)27-20/h2-11,14H,12-13H2,1H3. The van der Waals surface area contributed by atoms with Crippen LogP contribution in [0.1, 0.15) is 23.9 Å². The van der Waals surface area contributed by atoms with Crippen LogP contribution in [-0.4, -0.2) is 35.1 Å². The van der Waals surface area contributed by atoms with Gasteiger partial charge in [0.05, 0.1) is 23.8 Å². The molecule has 0 amide bonds. The Kier molecular flexibility index (Phi) is 5.17. The lowest BCUT2D eigenvalue weighted by Gasteiger charge is -2.02. The van der Waals surface area contributed by atoms with E-state index in [9.17, 15) is 0 Å². The molecule has 0 aliphatic carbocycles. The zero-order valence-corrected chi connectivity index (χ0v) is 18.3. The van der Waals surface area contributed by atoms with Crippen LogP contribution in [0.5, 0.6) is 0 Å². The van der Waals surface area contributed by atoms with Crippen molar-refractivity contribution in [2.45, 2.75) is 20.1 Å². The van der Waals surface area contributed by atoms with Gasteiger partial charge in [-0.1, -0.05) is 63.6 Å². The molecule has 0 saturated carbocycles. The predicted molar refractivity (Wildman–Crippen MR) is 121 cm³/mol. The number of nitrogens with zero attached hydrogens (tertiary/aromatic N) is 7. The lowest BCUT2D eigenvalue weighted by atomic mass is 10.1. The van der Waals surface area contributed by atoms with Crippen molar-refractivity contribution in [1.82, 2.24) is 29.4 Å². The van der Waals surface area contributed by atoms with E-state index in [4.69, 9.17) is 4.84 Å². The first-order chi connectivity index (χ1) is 15.2. The molecule has 154 valence electrons. The van der Waals surface area contributed by atoms with Crippen molar-refractivity contribution in [3.05, 3.63) is 88.5 Å². The third kappa shape index (κ3) is 4.04. The number of hydrogen-bond acceptors (Lipinski definition) is 6. The van der Waals surface area contributed by atoms with Crippen LogP contribution in [0.4, 0.5) is 0 Å². The van der Waals surface area contributed by atoms with Crippen LogP contribution in [0.25, 0.3) is 16.7 Å². The lowest BCUT2D eigenvalue weighted by molar-refractivity contribution is 0.125. The fraction of sp³-hybridized carbons (Fsp3) is 0.136. The van der Waals surface area contributed by atoms with Crippen LogP contribution >= 0.6 is 15.9 Å². The molecule has 0 unspecified atom stereocenters. The smallest absolute Gasteiger partial charge is 0.192 e. The van der Waals surface area contributed by atoms with Gasteiger partial charge in [0.2, 0.25) is 0 Å². The first kappa shape index (κ1) is 19.4. The van der Waals surface area contributed by atoms with Gasteiger partial charge in [-0.25, -0.2) is 19.2 Å². The zero-order chi connectivity index (χ0) is 21.2. The molecule has 0 saturated heterocycles. The third-order valence-corrected chi connectivity index (χ3v) is 5.38. The quantitative estimate of drug-likeness (QED) is 0.271. The minimum absolute atomic E-state index is 0.162. The highest BCUT2D eigenvalue weighted by Crippen LogP contribution is 2.18. The minimum Gasteiger partial charge on any atom is -0.387 e. The van der Waals surface area contributed by atoms with Gasteiger partial charge >= 0.3 is 0 Å². The van der Waals surface area contributed by atoms with E-state index in [2.05, 4.69) is 53.4 Å². The van der Waals surface area contributed by atoms with E-state index in [0.717, 1.165) is 32.3 Å². The Morgan fingerprint density at radius 3 is 2.68 bits per heavy atom. The average molecular weight is 476 g/mol. The summed E-state index contributed by atoms with van der Waals surface area (Å²) >= 11 is 3.43. The summed E-state index contributed by atoms with van der Waals surface area (Å²) in [5, 5.41) is 14.0. The third-order valence-electron chi connectivity index (χ3n) is 4.85. The summed E-state index contributed by atoms with van der Waals surface area (Å²) in [5.74, 6) is 0.525. The summed E-state index contributed by atoms with van der Waals surface area (Å²) in [4.78, 5) is 14.6. The maximum atomic E-state index is 5.49. The van der Waals surface area contributed by atoms with Crippen LogP contribution in [0.3, 0.4) is 0 Å². The van der Waals surface area contributed by atoms with E-state index in [1.54, 1.807) is 17.0 Å². The van der Waals surface area contributed by atoms with Crippen LogP contribution in [0.15, 0.2) is 76.7 Å². The maximum Gasteiger partial charge on any atom is 0.192 e. The molecule has 5 aromatic rings. The van der Waals surface area contributed by atoms with Crippen molar-refractivity contribution in [2.75, 3.05) is 0 Å². The second-order valence-electron chi connectivity index (χ2n) is 7.02. The van der Waals surface area contributed by atoms with Crippen LogP contribution in [0.2, 0.25) is 0 Å². The Balaban J connectivity index is 1.35. The van der Waals surface area contributed by atoms with Crippen molar-refractivity contribution in [3.8, 4) is 0 Å². The van der Waals surface area contributed by atoms with Gasteiger partial charge in [0.25, 0.3) is 0 Å². The lowest BCUT2D eigenvalue weighted by Crippen LogP contribution is -2.03. The SMILES string of the molecule is CC(=NOCc1nc2c3cnn(Cc4ccccc4)c3ncn2n1)c1ccc(Br)cc1. The molecule has 0 radical (unpaired) electrons. The molecule has 5 rings (SSSR count). The molecule has 3 aromatic heterocycles. The number of halogens is 1. The predicted octanol–water partition coefficient (Wildman–Crippen LogP) is 4.23. The number of aromatic nitrogens is 6. The van der Waals surface area contributed by atoms with Gasteiger partial charge in [0.1, 0.15) is 6.33 Å². The normalized spacial score (nSPS) is 12.0. The van der Waals surface area contributed by atoms with Crippen molar-refractivity contribution in [3.63, 3.8) is 0 Å². The van der Waals surface area contributed by atoms with Gasteiger partial charge < -0.3 is 4.84 Å². The van der Waals surface area contributed by atoms with Gasteiger partial charge in [-0.15, -0.1) is 5.10 Å². The summed E-state index contributed by atoms with van der Waals surface area (Å²) in [6.45, 7) is 2.70. The summed E-state index contributed by atoms with van der Waals surface area (Å²) < 4.78 is 4.52. The van der Waals surface area contributed by atoms with E-state index in [0.29, 0.717) is 18.0 Å². The molecule has 0 N–H and O–H groups in total. The molecule has 0 bridgehead atoms. The number of fused-ring (bicyclic) bond motifs is 3. The summed E-state index contributed by atoms with van der Waals surface area (Å²) in [5.41, 5.74) is 4.38. The van der Waals surface area contributed by atoms with E-state index in [-0.39, 0.29) is 6.61 Å². The van der Waals surface area contributed by atoms with E-state index >= 15 is 0 Å². The van der Waals surface area contributed by atoms with Crippen molar-refractivity contribution >= 4 is 38.3 Å². The first-order valence-electron chi connectivity index (χ1n) is 9.69. The van der Waals surface area contributed by atoms with Crippen molar-refractivity contribution < 1.29 is 4.84 Å². The number of rotatable bonds is 6. The van der Waals surface area contributed by atoms with Gasteiger partial charge in [-0.05, 0) is 30.2 Å². The highest BCUT2D eigenvalue weighted by molar-refractivity contribution is 9.10. The zero-order valence-electron chi connectivity index (χ0n) is 16.7. The molecule has 0 fully saturated rings. The Morgan fingerprint density at radius 2 is 1.87 bits per heavy atom. The molecule has 9 heteroatoms. The van der Waals surface area contributed by atoms with Gasteiger partial charge in [0, 0.05) is 4.47 Å². The van der Waals surface area contributed by atoms with Crippen molar-refractivity contribution in [1.29, 1.82) is 0 Å². The fourth-order valence-corrected chi connectivity index (χ4v) is 3.54. The molecule has 2 aromatic carbocycles. The van der Waals surface area contributed by atoms with Crippen molar-refractivity contribution in [2.24, 2.45) is 5.16 Å². The van der Waals surface area contributed by atoms with Crippen LogP contribution in [0, 0.1) is 0 Å². The summed E-state index contributed by atoms with van der Waals surface area (Å²) in [6.07, 6.45) is 3.42. The Hall–Kier alpha value is -3.59. The minimum atomic E-state index is 0.162. The van der Waals surface area contributed by atoms with E-state index in [1.165, 1.54) is 0 Å². The fourth-order valence-electron chi connectivity index (χ4n) is 3.28. The Bertz CT molecular complexity index is 1370. The monoisotopic (exact) mass is 475 g/mol. The van der Waals surface area contributed by atoms with Crippen LogP contribution < -0.4 is 0 Å². The Morgan fingerprint density at radius 1 is 1.06 bits per heavy atom. The molecule has 0 aliphatic rings. The maximum absolute atomic E-state index is 5.49. The molecular formula is C22H18BrN7O. The molecule has 3 heterocycles. The molecule has 0 atom stereocenters. The summed E-state index contributed by atoms with van der Waals surface area (Å²) in [6, 6.07) is 18.0.